The molecule has 1 saturated heterocycles. The minimum Gasteiger partial charge on any atom is -0.475 e. The first kappa shape index (κ1) is 23.7. The quantitative estimate of drug-likeness (QED) is 0.811. The third kappa shape index (κ3) is 7.38. The molecule has 2 rings (SSSR count). The summed E-state index contributed by atoms with van der Waals surface area (Å²) in [6.07, 6.45) is -3.13. The second-order valence-electron chi connectivity index (χ2n) is 7.18. The Morgan fingerprint density at radius 2 is 1.79 bits per heavy atom. The molecule has 0 bridgehead atoms. The van der Waals surface area contributed by atoms with Gasteiger partial charge in [0.15, 0.2) is 0 Å². The number of benzene rings is 1. The number of carboxylic acid groups (broad SMARTS) is 1. The van der Waals surface area contributed by atoms with Crippen LogP contribution in [-0.2, 0) is 11.2 Å². The first-order valence-corrected chi connectivity index (χ1v) is 9.01. The Balaban J connectivity index is 0.000000480. The predicted molar refractivity (Wildman–Crippen MR) is 100 cm³/mol. The van der Waals surface area contributed by atoms with E-state index < -0.39 is 12.1 Å². The summed E-state index contributed by atoms with van der Waals surface area (Å²) in [6, 6.07) is 11.3. The SMILES string of the molecule is CC(C)NC(=O)N1CC[C@@H](N(C)C)[C@@H]1Cc1ccccc1.O=C(O)C(F)(F)F. The lowest BCUT2D eigenvalue weighted by Gasteiger charge is -2.32. The van der Waals surface area contributed by atoms with Gasteiger partial charge in [-0.15, -0.1) is 0 Å². The molecule has 6 nitrogen and oxygen atoms in total. The van der Waals surface area contributed by atoms with E-state index in [4.69, 9.17) is 9.90 Å². The fraction of sp³-hybridized carbons (Fsp3) is 0.579. The highest BCUT2D eigenvalue weighted by Gasteiger charge is 2.39. The zero-order chi connectivity index (χ0) is 21.5. The van der Waals surface area contributed by atoms with Gasteiger partial charge in [-0.25, -0.2) is 9.59 Å². The number of hydrogen-bond donors (Lipinski definition) is 2. The minimum atomic E-state index is -5.08. The molecule has 1 aromatic carbocycles. The Morgan fingerprint density at radius 3 is 2.21 bits per heavy atom. The van der Waals surface area contributed by atoms with Crippen molar-refractivity contribution < 1.29 is 27.9 Å². The van der Waals surface area contributed by atoms with Gasteiger partial charge < -0.3 is 20.2 Å². The summed E-state index contributed by atoms with van der Waals surface area (Å²) in [4.78, 5) is 25.6. The van der Waals surface area contributed by atoms with Crippen molar-refractivity contribution in [2.45, 2.75) is 51.0 Å². The van der Waals surface area contributed by atoms with Crippen molar-refractivity contribution in [1.29, 1.82) is 0 Å². The van der Waals surface area contributed by atoms with E-state index in [9.17, 15) is 18.0 Å². The van der Waals surface area contributed by atoms with Crippen molar-refractivity contribution in [3.8, 4) is 0 Å². The zero-order valence-corrected chi connectivity index (χ0v) is 16.5. The van der Waals surface area contributed by atoms with E-state index in [1.54, 1.807) is 0 Å². The second-order valence-corrected chi connectivity index (χ2v) is 7.18. The first-order valence-electron chi connectivity index (χ1n) is 9.01. The molecule has 2 N–H and O–H groups in total. The van der Waals surface area contributed by atoms with Crippen molar-refractivity contribution >= 4 is 12.0 Å². The van der Waals surface area contributed by atoms with E-state index >= 15 is 0 Å². The highest BCUT2D eigenvalue weighted by molar-refractivity contribution is 5.75. The van der Waals surface area contributed by atoms with Crippen LogP contribution in [0.3, 0.4) is 0 Å². The fourth-order valence-corrected chi connectivity index (χ4v) is 3.12. The van der Waals surface area contributed by atoms with Gasteiger partial charge in [0, 0.05) is 18.6 Å². The molecule has 1 aliphatic heterocycles. The number of halogens is 3. The molecule has 1 aromatic rings. The molecule has 9 heteroatoms. The van der Waals surface area contributed by atoms with E-state index in [1.165, 1.54) is 5.56 Å². The van der Waals surface area contributed by atoms with E-state index in [0.717, 1.165) is 19.4 Å². The summed E-state index contributed by atoms with van der Waals surface area (Å²) in [6.45, 7) is 4.84. The summed E-state index contributed by atoms with van der Waals surface area (Å²) < 4.78 is 31.7. The van der Waals surface area contributed by atoms with Gasteiger partial charge in [0.05, 0.1) is 6.04 Å². The number of amides is 2. The number of likely N-dealkylation sites (N-methyl/N-ethyl adjacent to an activating group) is 1. The summed E-state index contributed by atoms with van der Waals surface area (Å²) in [5, 5.41) is 10.2. The Bertz CT molecular complexity index is 636. The molecule has 0 aliphatic carbocycles. The van der Waals surface area contributed by atoms with Crippen LogP contribution in [0.4, 0.5) is 18.0 Å². The number of likely N-dealkylation sites (tertiary alicyclic amines) is 1. The monoisotopic (exact) mass is 403 g/mol. The molecule has 0 saturated carbocycles. The predicted octanol–water partition coefficient (Wildman–Crippen LogP) is 2.98. The molecule has 28 heavy (non-hydrogen) atoms. The first-order chi connectivity index (χ1) is 12.9. The van der Waals surface area contributed by atoms with Crippen molar-refractivity contribution in [3.63, 3.8) is 0 Å². The van der Waals surface area contributed by atoms with Crippen LogP contribution in [0, 0.1) is 0 Å². The summed E-state index contributed by atoms with van der Waals surface area (Å²) in [5.74, 6) is -2.76. The number of carbonyl (C=O) groups is 2. The van der Waals surface area contributed by atoms with Gasteiger partial charge in [-0.3, -0.25) is 0 Å². The molecule has 0 aromatic heterocycles. The standard InChI is InChI=1S/C17H27N3O.C2HF3O2/c1-13(2)18-17(21)20-11-10-15(19(3)4)16(20)12-14-8-6-5-7-9-14;3-2(4,5)1(6)7/h5-9,13,15-16H,10-12H2,1-4H3,(H,18,21);(H,6,7)/t15-,16+;/m1./s1. The lowest BCUT2D eigenvalue weighted by molar-refractivity contribution is -0.192. The van der Waals surface area contributed by atoms with E-state index in [0.29, 0.717) is 6.04 Å². The van der Waals surface area contributed by atoms with Crippen LogP contribution < -0.4 is 5.32 Å². The largest absolute Gasteiger partial charge is 0.490 e. The third-order valence-corrected chi connectivity index (χ3v) is 4.38. The van der Waals surface area contributed by atoms with Crippen LogP contribution >= 0.6 is 0 Å². The number of carbonyl (C=O) groups excluding carboxylic acids is 1. The molecular formula is C19H28F3N3O3. The number of nitrogens with one attached hydrogen (secondary N) is 1. The Morgan fingerprint density at radius 1 is 1.25 bits per heavy atom. The molecule has 1 aliphatic rings. The number of aliphatic carboxylic acids is 1. The highest BCUT2D eigenvalue weighted by Crippen LogP contribution is 2.25. The van der Waals surface area contributed by atoms with Crippen LogP contribution in [0.25, 0.3) is 0 Å². The van der Waals surface area contributed by atoms with Crippen LogP contribution in [-0.4, -0.2) is 71.8 Å². The number of rotatable bonds is 4. The van der Waals surface area contributed by atoms with Gasteiger partial charge >= 0.3 is 18.2 Å². The maximum Gasteiger partial charge on any atom is 0.490 e. The topological polar surface area (TPSA) is 72.9 Å². The normalized spacial score (nSPS) is 19.4. The zero-order valence-electron chi connectivity index (χ0n) is 16.5. The van der Waals surface area contributed by atoms with Gasteiger partial charge in [0.2, 0.25) is 0 Å². The second kappa shape index (κ2) is 10.3. The average molecular weight is 403 g/mol. The molecule has 1 fully saturated rings. The number of nitrogens with zero attached hydrogens (tertiary/aromatic N) is 2. The number of hydrogen-bond acceptors (Lipinski definition) is 3. The smallest absolute Gasteiger partial charge is 0.475 e. The molecular weight excluding hydrogens is 375 g/mol. The lowest BCUT2D eigenvalue weighted by Crippen LogP contribution is -2.50. The van der Waals surface area contributed by atoms with Crippen LogP contribution in [0.2, 0.25) is 0 Å². The van der Waals surface area contributed by atoms with Crippen LogP contribution in [0.15, 0.2) is 30.3 Å². The maximum absolute atomic E-state index is 12.4. The summed E-state index contributed by atoms with van der Waals surface area (Å²) in [7, 11) is 4.21. The minimum absolute atomic E-state index is 0.0651. The van der Waals surface area contributed by atoms with Gasteiger partial charge in [-0.05, 0) is 46.3 Å². The molecule has 1 heterocycles. The lowest BCUT2D eigenvalue weighted by atomic mass is 9.99. The Kier molecular flexibility index (Phi) is 8.74. The van der Waals surface area contributed by atoms with E-state index in [-0.39, 0.29) is 18.1 Å². The van der Waals surface area contributed by atoms with Crippen molar-refractivity contribution in [3.05, 3.63) is 35.9 Å². The molecule has 158 valence electrons. The number of alkyl halides is 3. The third-order valence-electron chi connectivity index (χ3n) is 4.38. The van der Waals surface area contributed by atoms with Crippen LogP contribution in [0.5, 0.6) is 0 Å². The van der Waals surface area contributed by atoms with Gasteiger partial charge in [0.1, 0.15) is 0 Å². The van der Waals surface area contributed by atoms with Crippen LogP contribution in [0.1, 0.15) is 25.8 Å². The van der Waals surface area contributed by atoms with Crippen molar-refractivity contribution in [2.24, 2.45) is 0 Å². The van der Waals surface area contributed by atoms with Gasteiger partial charge in [-0.1, -0.05) is 30.3 Å². The van der Waals surface area contributed by atoms with E-state index in [2.05, 4.69) is 48.6 Å². The number of carboxylic acids is 1. The molecule has 2 atom stereocenters. The highest BCUT2D eigenvalue weighted by atomic mass is 19.4. The Labute approximate surface area is 163 Å². The molecule has 0 unspecified atom stereocenters. The Hall–Kier alpha value is -2.29. The molecule has 0 radical (unpaired) electrons. The van der Waals surface area contributed by atoms with Crippen molar-refractivity contribution in [1.82, 2.24) is 15.1 Å². The van der Waals surface area contributed by atoms with Gasteiger partial charge in [0.25, 0.3) is 0 Å². The molecule has 2 amide bonds. The van der Waals surface area contributed by atoms with Gasteiger partial charge in [-0.2, -0.15) is 13.2 Å². The van der Waals surface area contributed by atoms with E-state index in [1.807, 2.05) is 24.8 Å². The summed E-state index contributed by atoms with van der Waals surface area (Å²) in [5.41, 5.74) is 1.29. The maximum atomic E-state index is 12.4. The van der Waals surface area contributed by atoms with Crippen molar-refractivity contribution in [2.75, 3.05) is 20.6 Å². The molecule has 0 spiro atoms. The average Bonchev–Trinajstić information content (AvgIpc) is 2.98. The fourth-order valence-electron chi connectivity index (χ4n) is 3.12. The number of urea groups is 1. The summed E-state index contributed by atoms with van der Waals surface area (Å²) >= 11 is 0.